The molecule has 0 aromatic heterocycles. The first-order valence-electron chi connectivity index (χ1n) is 6.15. The molecule has 0 aliphatic heterocycles. The van der Waals surface area contributed by atoms with E-state index in [0.717, 1.165) is 10.0 Å². The molecule has 0 heterocycles. The lowest BCUT2D eigenvalue weighted by Gasteiger charge is -2.09. The maximum Gasteiger partial charge on any atom is 0.240 e. The summed E-state index contributed by atoms with van der Waals surface area (Å²) < 4.78 is 28.0. The van der Waals surface area contributed by atoms with Crippen LogP contribution in [0, 0.1) is 0 Å². The number of hydrogen-bond acceptors (Lipinski definition) is 3. The quantitative estimate of drug-likeness (QED) is 0.825. The van der Waals surface area contributed by atoms with Gasteiger partial charge >= 0.3 is 0 Å². The number of nitrogens with one attached hydrogen (secondary N) is 1. The van der Waals surface area contributed by atoms with Crippen molar-refractivity contribution >= 4 is 37.6 Å². The fourth-order valence-corrected chi connectivity index (χ4v) is 3.49. The fraction of sp³-hybridized carbons (Fsp3) is 0.143. The van der Waals surface area contributed by atoms with Crippen LogP contribution in [0.4, 0.5) is 0 Å². The van der Waals surface area contributed by atoms with E-state index in [9.17, 15) is 8.42 Å². The Hall–Kier alpha value is -0.920. The second kappa shape index (κ2) is 6.89. The van der Waals surface area contributed by atoms with Gasteiger partial charge in [-0.2, -0.15) is 0 Å². The van der Waals surface area contributed by atoms with Crippen LogP contribution in [0.2, 0.25) is 5.02 Å². The highest BCUT2D eigenvalue weighted by atomic mass is 79.9. The molecule has 0 saturated carbocycles. The van der Waals surface area contributed by atoms with Crippen LogP contribution >= 0.6 is 27.5 Å². The smallest absolute Gasteiger partial charge is 0.240 e. The van der Waals surface area contributed by atoms with Gasteiger partial charge in [-0.15, -0.1) is 0 Å². The molecule has 2 rings (SSSR count). The molecule has 2 aromatic rings. The van der Waals surface area contributed by atoms with E-state index in [0.29, 0.717) is 10.6 Å². The van der Waals surface area contributed by atoms with Crippen molar-refractivity contribution in [1.29, 1.82) is 0 Å². The molecule has 0 atom stereocenters. The lowest BCUT2D eigenvalue weighted by atomic mass is 10.2. The van der Waals surface area contributed by atoms with Crippen molar-refractivity contribution in [2.45, 2.75) is 18.0 Å². The van der Waals surface area contributed by atoms with Crippen molar-refractivity contribution in [3.63, 3.8) is 0 Å². The van der Waals surface area contributed by atoms with Gasteiger partial charge in [-0.25, -0.2) is 13.1 Å². The molecule has 0 bridgehead atoms. The van der Waals surface area contributed by atoms with Crippen molar-refractivity contribution in [1.82, 2.24) is 4.72 Å². The number of sulfonamides is 1. The van der Waals surface area contributed by atoms with Gasteiger partial charge in [-0.3, -0.25) is 0 Å². The van der Waals surface area contributed by atoms with Gasteiger partial charge in [0.25, 0.3) is 0 Å². The molecule has 2 aromatic carbocycles. The molecule has 4 nitrogen and oxygen atoms in total. The Morgan fingerprint density at radius 1 is 1.19 bits per heavy atom. The summed E-state index contributed by atoms with van der Waals surface area (Å²) in [6, 6.07) is 11.9. The minimum Gasteiger partial charge on any atom is -0.326 e. The zero-order valence-electron chi connectivity index (χ0n) is 11.0. The molecule has 0 unspecified atom stereocenters. The minimum absolute atomic E-state index is 0.155. The van der Waals surface area contributed by atoms with Crippen LogP contribution in [-0.2, 0) is 23.1 Å². The summed E-state index contributed by atoms with van der Waals surface area (Å²) in [6.07, 6.45) is 0. The Morgan fingerprint density at radius 3 is 2.62 bits per heavy atom. The number of nitrogens with two attached hydrogens (primary N) is 1. The SMILES string of the molecule is NCc1cc(S(=O)(=O)NCc2cccc(Br)c2)ccc1Cl. The lowest BCUT2D eigenvalue weighted by Crippen LogP contribution is -2.23. The summed E-state index contributed by atoms with van der Waals surface area (Å²) in [5.74, 6) is 0. The van der Waals surface area contributed by atoms with E-state index < -0.39 is 10.0 Å². The normalized spacial score (nSPS) is 11.6. The molecule has 0 radical (unpaired) electrons. The second-order valence-corrected chi connectivity index (χ2v) is 7.50. The summed E-state index contributed by atoms with van der Waals surface area (Å²) >= 11 is 9.28. The Kier molecular flexibility index (Phi) is 5.40. The Bertz CT molecular complexity index is 750. The van der Waals surface area contributed by atoms with Gasteiger partial charge in [-0.05, 0) is 41.5 Å². The zero-order valence-corrected chi connectivity index (χ0v) is 14.2. The van der Waals surface area contributed by atoms with Crippen LogP contribution in [-0.4, -0.2) is 8.42 Å². The van der Waals surface area contributed by atoms with E-state index in [2.05, 4.69) is 20.7 Å². The molecule has 0 fully saturated rings. The molecule has 3 N–H and O–H groups in total. The molecule has 21 heavy (non-hydrogen) atoms. The van der Waals surface area contributed by atoms with Gasteiger partial charge in [0, 0.05) is 22.6 Å². The summed E-state index contributed by atoms with van der Waals surface area (Å²) in [5, 5.41) is 0.462. The molecule has 7 heteroatoms. The standard InChI is InChI=1S/C14H14BrClN2O2S/c15-12-3-1-2-10(6-12)9-18-21(19,20)13-4-5-14(16)11(7-13)8-17/h1-7,18H,8-9,17H2. The van der Waals surface area contributed by atoms with Crippen molar-refractivity contribution in [3.8, 4) is 0 Å². The highest BCUT2D eigenvalue weighted by Gasteiger charge is 2.15. The molecular weight excluding hydrogens is 376 g/mol. The average molecular weight is 390 g/mol. The summed E-state index contributed by atoms with van der Waals surface area (Å²) in [7, 11) is -3.60. The van der Waals surface area contributed by atoms with Crippen molar-refractivity contribution < 1.29 is 8.42 Å². The van der Waals surface area contributed by atoms with Crippen molar-refractivity contribution in [2.24, 2.45) is 5.73 Å². The van der Waals surface area contributed by atoms with Crippen LogP contribution in [0.15, 0.2) is 51.8 Å². The van der Waals surface area contributed by atoms with Gasteiger partial charge in [0.2, 0.25) is 10.0 Å². The molecule has 0 aliphatic carbocycles. The largest absolute Gasteiger partial charge is 0.326 e. The summed E-state index contributed by atoms with van der Waals surface area (Å²) in [6.45, 7) is 0.399. The summed E-state index contributed by atoms with van der Waals surface area (Å²) in [5.41, 5.74) is 7.00. The third-order valence-electron chi connectivity index (χ3n) is 2.90. The van der Waals surface area contributed by atoms with Gasteiger partial charge in [-0.1, -0.05) is 39.7 Å². The average Bonchev–Trinajstić information content (AvgIpc) is 2.46. The minimum atomic E-state index is -3.60. The van der Waals surface area contributed by atoms with Gasteiger partial charge in [0.15, 0.2) is 0 Å². The van der Waals surface area contributed by atoms with Crippen molar-refractivity contribution in [3.05, 3.63) is 63.1 Å². The highest BCUT2D eigenvalue weighted by Crippen LogP contribution is 2.20. The van der Waals surface area contributed by atoms with Gasteiger partial charge in [0.1, 0.15) is 0 Å². The first-order valence-corrected chi connectivity index (χ1v) is 8.80. The third-order valence-corrected chi connectivity index (χ3v) is 5.16. The third kappa shape index (κ3) is 4.28. The lowest BCUT2D eigenvalue weighted by molar-refractivity contribution is 0.581. The number of halogens is 2. The second-order valence-electron chi connectivity index (χ2n) is 4.41. The van der Waals surface area contributed by atoms with E-state index >= 15 is 0 Å². The number of hydrogen-bond donors (Lipinski definition) is 2. The van der Waals surface area contributed by atoms with Crippen LogP contribution in [0.3, 0.4) is 0 Å². The maximum atomic E-state index is 12.3. The number of rotatable bonds is 5. The van der Waals surface area contributed by atoms with E-state index in [1.165, 1.54) is 18.2 Å². The van der Waals surface area contributed by atoms with Crippen LogP contribution < -0.4 is 10.5 Å². The van der Waals surface area contributed by atoms with Gasteiger partial charge < -0.3 is 5.73 Å². The fourth-order valence-electron chi connectivity index (χ4n) is 1.78. The first-order chi connectivity index (χ1) is 9.92. The monoisotopic (exact) mass is 388 g/mol. The Morgan fingerprint density at radius 2 is 1.95 bits per heavy atom. The topological polar surface area (TPSA) is 72.2 Å². The van der Waals surface area contributed by atoms with E-state index in [1.54, 1.807) is 0 Å². The van der Waals surface area contributed by atoms with Gasteiger partial charge in [0.05, 0.1) is 4.90 Å². The highest BCUT2D eigenvalue weighted by molar-refractivity contribution is 9.10. The Balaban J connectivity index is 2.18. The van der Waals surface area contributed by atoms with Crippen LogP contribution in [0.5, 0.6) is 0 Å². The van der Waals surface area contributed by atoms with E-state index in [4.69, 9.17) is 17.3 Å². The maximum absolute atomic E-state index is 12.3. The molecule has 112 valence electrons. The van der Waals surface area contributed by atoms with Crippen molar-refractivity contribution in [2.75, 3.05) is 0 Å². The molecule has 0 amide bonds. The van der Waals surface area contributed by atoms with E-state index in [-0.39, 0.29) is 18.0 Å². The van der Waals surface area contributed by atoms with Crippen LogP contribution in [0.1, 0.15) is 11.1 Å². The summed E-state index contributed by atoms with van der Waals surface area (Å²) in [4.78, 5) is 0.155. The predicted octanol–water partition coefficient (Wildman–Crippen LogP) is 3.04. The van der Waals surface area contributed by atoms with Crippen LogP contribution in [0.25, 0.3) is 0 Å². The number of benzene rings is 2. The Labute approximate surface area is 137 Å². The first kappa shape index (κ1) is 16.5. The zero-order chi connectivity index (χ0) is 15.5. The molecule has 0 aliphatic rings. The molecule has 0 saturated heterocycles. The molecular formula is C14H14BrClN2O2S. The predicted molar refractivity (Wildman–Crippen MR) is 87.5 cm³/mol. The van der Waals surface area contributed by atoms with E-state index in [1.807, 2.05) is 24.3 Å². The molecule has 0 spiro atoms.